The number of nitrogens with two attached hydrogens (primary N) is 1. The molecule has 0 aromatic rings. The van der Waals surface area contributed by atoms with Crippen molar-refractivity contribution in [2.45, 2.75) is 175 Å². The van der Waals surface area contributed by atoms with E-state index < -0.39 is 32.5 Å². The highest BCUT2D eigenvalue weighted by molar-refractivity contribution is 7.45. The second-order valence-corrected chi connectivity index (χ2v) is 15.6. The molecule has 266 valence electrons. The van der Waals surface area contributed by atoms with Gasteiger partial charge in [0.2, 0.25) is 0 Å². The highest BCUT2D eigenvalue weighted by atomic mass is 31.2. The van der Waals surface area contributed by atoms with Crippen molar-refractivity contribution in [1.29, 1.82) is 0 Å². The minimum Gasteiger partial charge on any atom is -0.756 e. The maximum atomic E-state index is 12.5. The summed E-state index contributed by atoms with van der Waals surface area (Å²) in [6.45, 7) is 5.89. The fourth-order valence-corrected chi connectivity index (χ4v) is 6.08. The molecular weight excluding hydrogens is 593 g/mol. The molecule has 2 atom stereocenters. The largest absolute Gasteiger partial charge is 0.756 e. The first kappa shape index (κ1) is 42.0. The van der Waals surface area contributed by atoms with E-state index in [-0.39, 0.29) is 32.6 Å². The molecule has 0 aromatic heterocycles. The van der Waals surface area contributed by atoms with Gasteiger partial charge in [0, 0.05) is 19.4 Å². The second-order valence-electron chi connectivity index (χ2n) is 14.2. The lowest BCUT2D eigenvalue weighted by Gasteiger charge is -2.25. The van der Waals surface area contributed by atoms with Gasteiger partial charge in [-0.05, 0) is 30.6 Å². The van der Waals surface area contributed by atoms with E-state index >= 15 is 0 Å². The topological polar surface area (TPSA) is 137 Å². The monoisotopic (exact) mass is 660 g/mol. The fourth-order valence-electron chi connectivity index (χ4n) is 5.33. The number of ether oxygens (including phenoxy) is 2. The molecule has 1 aliphatic rings. The van der Waals surface area contributed by atoms with E-state index in [9.17, 15) is 19.0 Å². The third-order valence-electron chi connectivity index (χ3n) is 8.26. The Morgan fingerprint density at radius 2 is 1.22 bits per heavy atom. The number of hydrogen-bond donors (Lipinski definition) is 1. The van der Waals surface area contributed by atoms with Crippen LogP contribution in [-0.4, -0.2) is 44.4 Å². The summed E-state index contributed by atoms with van der Waals surface area (Å²) in [7, 11) is -4.61. The zero-order chi connectivity index (χ0) is 33.2. The summed E-state index contributed by atoms with van der Waals surface area (Å²) in [6, 6.07) is 0. The van der Waals surface area contributed by atoms with Crippen LogP contribution in [0.5, 0.6) is 0 Å². The number of esters is 2. The van der Waals surface area contributed by atoms with Crippen molar-refractivity contribution in [3.05, 3.63) is 0 Å². The second kappa shape index (κ2) is 26.0. The Kier molecular flexibility index (Phi) is 24.3. The Labute approximate surface area is 275 Å². The highest BCUT2D eigenvalue weighted by Gasteiger charge is 2.21. The van der Waals surface area contributed by atoms with Gasteiger partial charge in [-0.2, -0.15) is 0 Å². The molecule has 0 saturated heterocycles. The lowest BCUT2D eigenvalue weighted by molar-refractivity contribution is -0.228. The Hall–Kier alpha value is -0.990. The molecule has 1 fully saturated rings. The van der Waals surface area contributed by atoms with Crippen LogP contribution in [-0.2, 0) is 32.7 Å². The number of unbranched alkanes of at least 4 members (excludes halogenated alkanes) is 15. The lowest BCUT2D eigenvalue weighted by atomic mass is 9.89. The minimum atomic E-state index is -4.61. The van der Waals surface area contributed by atoms with Crippen LogP contribution < -0.4 is 10.6 Å². The molecule has 0 bridgehead atoms. The van der Waals surface area contributed by atoms with Gasteiger partial charge in [-0.25, -0.2) is 0 Å². The van der Waals surface area contributed by atoms with Gasteiger partial charge in [0.05, 0.1) is 13.2 Å². The number of rotatable bonds is 31. The molecule has 45 heavy (non-hydrogen) atoms. The summed E-state index contributed by atoms with van der Waals surface area (Å²) in [5.74, 6) is 0.180. The molecule has 9 nitrogen and oxygen atoms in total. The Morgan fingerprint density at radius 3 is 1.73 bits per heavy atom. The molecule has 0 aliphatic heterocycles. The molecule has 1 saturated carbocycles. The number of carbonyl (C=O) groups is 2. The zero-order valence-electron chi connectivity index (χ0n) is 29.0. The minimum absolute atomic E-state index is 0.0170. The summed E-state index contributed by atoms with van der Waals surface area (Å²) in [6.07, 6.45) is 24.5. The van der Waals surface area contributed by atoms with Crippen LogP contribution in [0, 0.1) is 11.3 Å². The fraction of sp³-hybridized carbons (Fsp3) is 0.943. The van der Waals surface area contributed by atoms with E-state index in [1.54, 1.807) is 0 Å². The number of hydrogen-bond acceptors (Lipinski definition) is 9. The van der Waals surface area contributed by atoms with Crippen LogP contribution in [0.25, 0.3) is 0 Å². The van der Waals surface area contributed by atoms with Gasteiger partial charge in [0.25, 0.3) is 7.82 Å². The first-order valence-corrected chi connectivity index (χ1v) is 19.6. The van der Waals surface area contributed by atoms with Crippen molar-refractivity contribution in [1.82, 2.24) is 0 Å². The predicted molar refractivity (Wildman–Crippen MR) is 179 cm³/mol. The maximum Gasteiger partial charge on any atom is 0.306 e. The molecule has 0 amide bonds. The first-order chi connectivity index (χ1) is 21.5. The van der Waals surface area contributed by atoms with Gasteiger partial charge < -0.3 is 29.1 Å². The molecule has 2 N–H and O–H groups in total. The lowest BCUT2D eigenvalue weighted by Crippen LogP contribution is -2.30. The van der Waals surface area contributed by atoms with Gasteiger partial charge in [-0.15, -0.1) is 0 Å². The summed E-state index contributed by atoms with van der Waals surface area (Å²) < 4.78 is 32.2. The van der Waals surface area contributed by atoms with Crippen molar-refractivity contribution in [3.8, 4) is 0 Å². The molecular formula is C35H67NO8P-. The van der Waals surface area contributed by atoms with E-state index in [2.05, 4.69) is 25.3 Å². The predicted octanol–water partition coefficient (Wildman–Crippen LogP) is 8.55. The van der Waals surface area contributed by atoms with Crippen molar-refractivity contribution in [2.24, 2.45) is 17.1 Å². The summed E-state index contributed by atoms with van der Waals surface area (Å²) in [5.41, 5.74) is 5.70. The molecule has 0 spiro atoms. The van der Waals surface area contributed by atoms with Crippen molar-refractivity contribution in [2.75, 3.05) is 26.4 Å². The van der Waals surface area contributed by atoms with E-state index in [4.69, 9.17) is 19.7 Å². The Bertz CT molecular complexity index is 799. The summed E-state index contributed by atoms with van der Waals surface area (Å²) in [5, 5.41) is 0. The molecule has 0 radical (unpaired) electrons. The number of phosphoric acid groups is 1. The van der Waals surface area contributed by atoms with Gasteiger partial charge in [0.15, 0.2) is 6.10 Å². The first-order valence-electron chi connectivity index (χ1n) is 18.2. The maximum absolute atomic E-state index is 12.5. The van der Waals surface area contributed by atoms with Gasteiger partial charge in [-0.3, -0.25) is 14.2 Å². The normalized spacial score (nSPS) is 15.5. The van der Waals surface area contributed by atoms with Crippen LogP contribution in [0.1, 0.15) is 168 Å². The van der Waals surface area contributed by atoms with Crippen LogP contribution in [0.4, 0.5) is 0 Å². The van der Waals surface area contributed by atoms with Gasteiger partial charge in [-0.1, -0.05) is 136 Å². The smallest absolute Gasteiger partial charge is 0.306 e. The van der Waals surface area contributed by atoms with Crippen molar-refractivity contribution < 1.29 is 37.6 Å². The number of phosphoric ester groups is 1. The van der Waals surface area contributed by atoms with Crippen molar-refractivity contribution >= 4 is 19.8 Å². The van der Waals surface area contributed by atoms with Crippen LogP contribution in [0.15, 0.2) is 0 Å². The van der Waals surface area contributed by atoms with E-state index in [1.165, 1.54) is 89.9 Å². The third kappa shape index (κ3) is 28.9. The molecule has 10 heteroatoms. The number of carbonyl (C=O) groups excluding carboxylic acids is 2. The Morgan fingerprint density at radius 1 is 0.733 bits per heavy atom. The molecule has 1 unspecified atom stereocenters. The third-order valence-corrected chi connectivity index (χ3v) is 9.23. The molecule has 0 aromatic carbocycles. The Balaban J connectivity index is 2.21. The van der Waals surface area contributed by atoms with Gasteiger partial charge >= 0.3 is 11.9 Å². The van der Waals surface area contributed by atoms with E-state index in [0.29, 0.717) is 11.8 Å². The molecule has 1 aliphatic carbocycles. The average Bonchev–Trinajstić information content (AvgIpc) is 3.81. The van der Waals surface area contributed by atoms with Crippen molar-refractivity contribution in [3.63, 3.8) is 0 Å². The van der Waals surface area contributed by atoms with E-state index in [0.717, 1.165) is 44.4 Å². The molecule has 0 heterocycles. The van der Waals surface area contributed by atoms with Crippen LogP contribution in [0.3, 0.4) is 0 Å². The zero-order valence-corrected chi connectivity index (χ0v) is 29.9. The standard InChI is InChI=1S/C35H68NO8P/c1-35(2,3)26-20-16-12-8-7-11-15-19-23-34(38)44-32(30-43-45(39,40)42-28-27-36)29-41-33(37)22-18-14-10-6-4-5-9-13-17-21-31-24-25-31/h31-32H,4-30,36H2,1-3H3,(H,39,40)/p-1/t32-/m0/s1. The molecule has 1 rings (SSSR count). The quantitative estimate of drug-likeness (QED) is 0.0440. The van der Waals surface area contributed by atoms with Crippen LogP contribution >= 0.6 is 7.82 Å². The van der Waals surface area contributed by atoms with E-state index in [1.807, 2.05) is 0 Å². The summed E-state index contributed by atoms with van der Waals surface area (Å²) >= 11 is 0. The SMILES string of the molecule is CC(C)(C)CCCCCCCCCCC(=O)O[C@@H](COC(=O)CCCCCCCCCCCC1CC1)COP(=O)([O-])OCCN. The average molecular weight is 661 g/mol. The summed E-state index contributed by atoms with van der Waals surface area (Å²) in [4.78, 5) is 36.7. The highest BCUT2D eigenvalue weighted by Crippen LogP contribution is 2.38. The van der Waals surface area contributed by atoms with Crippen LogP contribution in [0.2, 0.25) is 0 Å². The van der Waals surface area contributed by atoms with Gasteiger partial charge in [0.1, 0.15) is 6.61 Å².